The Labute approximate surface area is 75.3 Å². The van der Waals surface area contributed by atoms with Crippen molar-refractivity contribution < 1.29 is 9.94 Å². The van der Waals surface area contributed by atoms with Gasteiger partial charge in [-0.15, -0.1) is 5.10 Å². The quantitative estimate of drug-likeness (QED) is 0.751. The van der Waals surface area contributed by atoms with E-state index in [1.165, 1.54) is 4.85 Å². The van der Waals surface area contributed by atoms with E-state index in [-0.39, 0.29) is 5.75 Å². The fraction of sp³-hybridized carbons (Fsp3) is 0.222. The minimum Gasteiger partial charge on any atom is -0.507 e. The maximum absolute atomic E-state index is 9.44. The highest BCUT2D eigenvalue weighted by Crippen LogP contribution is 2.22. The average Bonchev–Trinajstić information content (AvgIpc) is 2.51. The normalized spacial score (nSPS) is 10.5. The molecule has 1 N–H and O–H groups in total. The van der Waals surface area contributed by atoms with Crippen LogP contribution >= 0.6 is 0 Å². The lowest BCUT2D eigenvalue weighted by Crippen LogP contribution is -2.11. The van der Waals surface area contributed by atoms with Crippen molar-refractivity contribution in [3.05, 3.63) is 24.4 Å². The van der Waals surface area contributed by atoms with Gasteiger partial charge in [0.2, 0.25) is 0 Å². The standard InChI is InChI=1S/C9H10N2O2/c1-2-13-11-8-4-3-5-9(12)7(8)6-10-11/h3-6,12H,2H2,1H3. The number of hydrogen-bond donors (Lipinski definition) is 1. The fourth-order valence-electron chi connectivity index (χ4n) is 1.24. The van der Waals surface area contributed by atoms with Gasteiger partial charge in [0.1, 0.15) is 17.9 Å². The Hall–Kier alpha value is -1.71. The first kappa shape index (κ1) is 7.91. The average molecular weight is 178 g/mol. The maximum atomic E-state index is 9.44. The molecule has 0 saturated carbocycles. The van der Waals surface area contributed by atoms with Crippen LogP contribution in [0.4, 0.5) is 0 Å². The molecular weight excluding hydrogens is 168 g/mol. The molecule has 0 radical (unpaired) electrons. The molecule has 0 aliphatic heterocycles. The predicted molar refractivity (Wildman–Crippen MR) is 48.5 cm³/mol. The Balaban J connectivity index is 2.61. The lowest BCUT2D eigenvalue weighted by Gasteiger charge is -2.02. The molecule has 0 bridgehead atoms. The Kier molecular flexibility index (Phi) is 1.81. The van der Waals surface area contributed by atoms with E-state index in [0.717, 1.165) is 5.52 Å². The van der Waals surface area contributed by atoms with Crippen molar-refractivity contribution in [2.75, 3.05) is 6.61 Å². The molecule has 0 spiro atoms. The van der Waals surface area contributed by atoms with Crippen LogP contribution in [-0.4, -0.2) is 21.7 Å². The zero-order valence-corrected chi connectivity index (χ0v) is 7.27. The van der Waals surface area contributed by atoms with E-state index in [2.05, 4.69) is 5.10 Å². The first-order chi connectivity index (χ1) is 6.33. The van der Waals surface area contributed by atoms with Gasteiger partial charge >= 0.3 is 0 Å². The van der Waals surface area contributed by atoms with E-state index < -0.39 is 0 Å². The van der Waals surface area contributed by atoms with E-state index >= 15 is 0 Å². The number of rotatable bonds is 2. The zero-order chi connectivity index (χ0) is 9.26. The SMILES string of the molecule is CCOn1ncc2c(O)cccc21. The molecule has 0 saturated heterocycles. The second-order valence-electron chi connectivity index (χ2n) is 2.65. The van der Waals surface area contributed by atoms with Gasteiger partial charge in [-0.3, -0.25) is 0 Å². The summed E-state index contributed by atoms with van der Waals surface area (Å²) >= 11 is 0. The minimum absolute atomic E-state index is 0.225. The number of aromatic hydroxyl groups is 1. The zero-order valence-electron chi connectivity index (χ0n) is 7.27. The summed E-state index contributed by atoms with van der Waals surface area (Å²) in [6.45, 7) is 2.43. The van der Waals surface area contributed by atoms with Gasteiger partial charge in [0.05, 0.1) is 11.6 Å². The Bertz CT molecular complexity index is 422. The molecule has 0 fully saturated rings. The van der Waals surface area contributed by atoms with Crippen molar-refractivity contribution in [1.82, 2.24) is 9.94 Å². The van der Waals surface area contributed by atoms with Crippen molar-refractivity contribution in [2.45, 2.75) is 6.92 Å². The summed E-state index contributed by atoms with van der Waals surface area (Å²) in [5.74, 6) is 0.225. The van der Waals surface area contributed by atoms with E-state index in [0.29, 0.717) is 12.0 Å². The van der Waals surface area contributed by atoms with E-state index in [4.69, 9.17) is 4.84 Å². The smallest absolute Gasteiger partial charge is 0.126 e. The Morgan fingerprint density at radius 2 is 2.38 bits per heavy atom. The third-order valence-corrected chi connectivity index (χ3v) is 1.81. The molecule has 68 valence electrons. The first-order valence-electron chi connectivity index (χ1n) is 4.12. The van der Waals surface area contributed by atoms with Gasteiger partial charge in [-0.25, -0.2) is 0 Å². The number of phenols is 1. The highest BCUT2D eigenvalue weighted by molar-refractivity contribution is 5.84. The Morgan fingerprint density at radius 1 is 1.54 bits per heavy atom. The Morgan fingerprint density at radius 3 is 3.15 bits per heavy atom. The van der Waals surface area contributed by atoms with Crippen LogP contribution in [0.2, 0.25) is 0 Å². The summed E-state index contributed by atoms with van der Waals surface area (Å²) in [5.41, 5.74) is 0.779. The van der Waals surface area contributed by atoms with Gasteiger partial charge < -0.3 is 9.94 Å². The van der Waals surface area contributed by atoms with Crippen molar-refractivity contribution in [3.63, 3.8) is 0 Å². The third kappa shape index (κ3) is 1.20. The predicted octanol–water partition coefficient (Wildman–Crippen LogP) is 1.19. The molecule has 4 nitrogen and oxygen atoms in total. The van der Waals surface area contributed by atoms with E-state index in [9.17, 15) is 5.11 Å². The van der Waals surface area contributed by atoms with Gasteiger partial charge in [0.25, 0.3) is 0 Å². The summed E-state index contributed by atoms with van der Waals surface area (Å²) in [5, 5.41) is 14.1. The molecule has 1 heterocycles. The molecule has 1 aromatic heterocycles. The van der Waals surface area contributed by atoms with Gasteiger partial charge in [-0.2, -0.15) is 0 Å². The van der Waals surface area contributed by atoms with Crippen molar-refractivity contribution in [3.8, 4) is 5.75 Å². The minimum atomic E-state index is 0.225. The molecule has 4 heteroatoms. The van der Waals surface area contributed by atoms with Crippen LogP contribution in [0, 0.1) is 0 Å². The largest absolute Gasteiger partial charge is 0.507 e. The van der Waals surface area contributed by atoms with Gasteiger partial charge in [-0.1, -0.05) is 10.9 Å². The van der Waals surface area contributed by atoms with Crippen LogP contribution in [0.25, 0.3) is 10.9 Å². The van der Waals surface area contributed by atoms with Crippen molar-refractivity contribution in [1.29, 1.82) is 0 Å². The van der Waals surface area contributed by atoms with E-state index in [1.807, 2.05) is 13.0 Å². The summed E-state index contributed by atoms with van der Waals surface area (Å²) in [7, 11) is 0. The molecule has 1 aromatic carbocycles. The molecule has 0 unspecified atom stereocenters. The monoisotopic (exact) mass is 178 g/mol. The number of fused-ring (bicyclic) bond motifs is 1. The third-order valence-electron chi connectivity index (χ3n) is 1.81. The van der Waals surface area contributed by atoms with Crippen LogP contribution < -0.4 is 4.84 Å². The highest BCUT2D eigenvalue weighted by atomic mass is 16.7. The van der Waals surface area contributed by atoms with Crippen LogP contribution in [0.3, 0.4) is 0 Å². The van der Waals surface area contributed by atoms with Gasteiger partial charge in [0.15, 0.2) is 0 Å². The fourth-order valence-corrected chi connectivity index (χ4v) is 1.24. The van der Waals surface area contributed by atoms with Crippen LogP contribution in [0.5, 0.6) is 5.75 Å². The highest BCUT2D eigenvalue weighted by Gasteiger charge is 2.05. The number of phenolic OH excluding ortho intramolecular Hbond substituents is 1. The van der Waals surface area contributed by atoms with Gasteiger partial charge in [0, 0.05) is 0 Å². The summed E-state index contributed by atoms with van der Waals surface area (Å²) in [6, 6.07) is 5.23. The molecule has 2 rings (SSSR count). The van der Waals surface area contributed by atoms with Crippen molar-refractivity contribution >= 4 is 10.9 Å². The summed E-state index contributed by atoms with van der Waals surface area (Å²) in [6.07, 6.45) is 1.58. The van der Waals surface area contributed by atoms with Crippen LogP contribution in [-0.2, 0) is 0 Å². The summed E-state index contributed by atoms with van der Waals surface area (Å²) < 4.78 is 0. The molecule has 0 atom stereocenters. The number of nitrogens with zero attached hydrogens (tertiary/aromatic N) is 2. The van der Waals surface area contributed by atoms with Crippen LogP contribution in [0.1, 0.15) is 6.92 Å². The lowest BCUT2D eigenvalue weighted by atomic mass is 10.2. The molecule has 0 aliphatic rings. The lowest BCUT2D eigenvalue weighted by molar-refractivity contribution is 0.103. The first-order valence-corrected chi connectivity index (χ1v) is 4.12. The molecule has 0 aliphatic carbocycles. The van der Waals surface area contributed by atoms with Gasteiger partial charge in [-0.05, 0) is 19.1 Å². The number of aromatic nitrogens is 2. The maximum Gasteiger partial charge on any atom is 0.126 e. The molecular formula is C9H10N2O2. The summed E-state index contributed by atoms with van der Waals surface area (Å²) in [4.78, 5) is 6.62. The molecule has 0 amide bonds. The number of benzene rings is 1. The second-order valence-corrected chi connectivity index (χ2v) is 2.65. The van der Waals surface area contributed by atoms with E-state index in [1.54, 1.807) is 18.3 Å². The number of hydrogen-bond acceptors (Lipinski definition) is 3. The molecule has 13 heavy (non-hydrogen) atoms. The van der Waals surface area contributed by atoms with Crippen LogP contribution in [0.15, 0.2) is 24.4 Å². The topological polar surface area (TPSA) is 47.3 Å². The molecule has 2 aromatic rings. The second kappa shape index (κ2) is 2.97. The van der Waals surface area contributed by atoms with Crippen molar-refractivity contribution in [2.24, 2.45) is 0 Å².